The smallest absolute Gasteiger partial charge is 0.256 e. The molecule has 0 unspecified atom stereocenters. The Bertz CT molecular complexity index is 474. The number of nitrogens with two attached hydrogens (primary N) is 1. The summed E-state index contributed by atoms with van der Waals surface area (Å²) in [5, 5.41) is 0.430. The number of hydrogen-bond donors (Lipinski definition) is 1. The molecule has 0 aliphatic carbocycles. The maximum atomic E-state index is 12.1. The molecular weight excluding hydrogens is 254 g/mol. The van der Waals surface area contributed by atoms with Gasteiger partial charge in [0, 0.05) is 31.9 Å². The fourth-order valence-corrected chi connectivity index (χ4v) is 1.51. The minimum absolute atomic E-state index is 0.00220. The van der Waals surface area contributed by atoms with Crippen LogP contribution in [-0.2, 0) is 4.79 Å². The molecule has 1 aromatic carbocycles. The first-order valence-corrected chi connectivity index (χ1v) is 5.71. The van der Waals surface area contributed by atoms with Crippen molar-refractivity contribution in [2.24, 2.45) is 0 Å². The molecule has 0 aliphatic heterocycles. The second-order valence-electron chi connectivity index (χ2n) is 4.18. The maximum absolute atomic E-state index is 12.1. The van der Waals surface area contributed by atoms with E-state index in [1.54, 1.807) is 33.3 Å². The van der Waals surface area contributed by atoms with E-state index in [-0.39, 0.29) is 18.4 Å². The summed E-state index contributed by atoms with van der Waals surface area (Å²) >= 11 is 5.82. The third-order valence-electron chi connectivity index (χ3n) is 2.46. The largest absolute Gasteiger partial charge is 0.398 e. The van der Waals surface area contributed by atoms with E-state index in [0.29, 0.717) is 16.3 Å². The van der Waals surface area contributed by atoms with E-state index in [1.807, 2.05) is 0 Å². The zero-order chi connectivity index (χ0) is 13.9. The number of hydrogen-bond acceptors (Lipinski definition) is 3. The molecule has 0 fully saturated rings. The summed E-state index contributed by atoms with van der Waals surface area (Å²) in [6, 6.07) is 4.67. The molecule has 1 aromatic rings. The average Bonchev–Trinajstić information content (AvgIpc) is 2.31. The summed E-state index contributed by atoms with van der Waals surface area (Å²) in [6.45, 7) is -0.00220. The summed E-state index contributed by atoms with van der Waals surface area (Å²) < 4.78 is 0. The number of benzene rings is 1. The van der Waals surface area contributed by atoms with E-state index in [4.69, 9.17) is 17.3 Å². The Balaban J connectivity index is 2.87. The molecule has 0 aromatic heterocycles. The zero-order valence-corrected chi connectivity index (χ0v) is 11.4. The predicted octanol–water partition coefficient (Wildman–Crippen LogP) is 1.08. The molecule has 0 atom stereocenters. The van der Waals surface area contributed by atoms with E-state index in [0.717, 1.165) is 0 Å². The van der Waals surface area contributed by atoms with Gasteiger partial charge < -0.3 is 15.5 Å². The van der Waals surface area contributed by atoms with Crippen molar-refractivity contribution in [1.82, 2.24) is 9.80 Å². The molecule has 0 spiro atoms. The van der Waals surface area contributed by atoms with Gasteiger partial charge in [-0.3, -0.25) is 9.59 Å². The molecule has 0 saturated heterocycles. The molecule has 0 heterocycles. The average molecular weight is 270 g/mol. The second-order valence-corrected chi connectivity index (χ2v) is 4.62. The molecule has 0 radical (unpaired) electrons. The minimum atomic E-state index is -0.329. The number of nitrogens with zero attached hydrogens (tertiary/aromatic N) is 2. The van der Waals surface area contributed by atoms with Crippen molar-refractivity contribution >= 4 is 29.1 Å². The van der Waals surface area contributed by atoms with Gasteiger partial charge in [-0.05, 0) is 18.2 Å². The Hall–Kier alpha value is -1.75. The summed E-state index contributed by atoms with van der Waals surface area (Å²) in [6.07, 6.45) is 0. The number of likely N-dealkylation sites (N-methyl/N-ethyl adjacent to an activating group) is 2. The lowest BCUT2D eigenvalue weighted by Gasteiger charge is -2.20. The normalized spacial score (nSPS) is 10.0. The summed E-state index contributed by atoms with van der Waals surface area (Å²) in [5.74, 6) is -0.489. The Labute approximate surface area is 111 Å². The van der Waals surface area contributed by atoms with Gasteiger partial charge in [0.1, 0.15) is 0 Å². The monoisotopic (exact) mass is 269 g/mol. The number of anilines is 1. The Morgan fingerprint density at radius 3 is 2.44 bits per heavy atom. The quantitative estimate of drug-likeness (QED) is 0.835. The van der Waals surface area contributed by atoms with Gasteiger partial charge in [-0.1, -0.05) is 11.6 Å². The van der Waals surface area contributed by atoms with Gasteiger partial charge in [-0.25, -0.2) is 0 Å². The van der Waals surface area contributed by atoms with E-state index in [2.05, 4.69) is 0 Å². The van der Waals surface area contributed by atoms with Crippen LogP contribution >= 0.6 is 11.6 Å². The second kappa shape index (κ2) is 5.73. The van der Waals surface area contributed by atoms with E-state index in [9.17, 15) is 9.59 Å². The molecule has 6 heteroatoms. The topological polar surface area (TPSA) is 66.6 Å². The molecule has 2 N–H and O–H groups in total. The minimum Gasteiger partial charge on any atom is -0.398 e. The van der Waals surface area contributed by atoms with Crippen LogP contribution in [0.3, 0.4) is 0 Å². The molecule has 5 nitrogen and oxygen atoms in total. The highest BCUT2D eigenvalue weighted by molar-refractivity contribution is 6.31. The lowest BCUT2D eigenvalue weighted by molar-refractivity contribution is -0.129. The van der Waals surface area contributed by atoms with Crippen molar-refractivity contribution in [3.63, 3.8) is 0 Å². The molecule has 0 aliphatic rings. The molecular formula is C12H16ClN3O2. The van der Waals surface area contributed by atoms with Crippen LogP contribution in [0.2, 0.25) is 5.02 Å². The fraction of sp³-hybridized carbons (Fsp3) is 0.333. The Morgan fingerprint density at radius 2 is 1.89 bits per heavy atom. The van der Waals surface area contributed by atoms with Gasteiger partial charge in [0.15, 0.2) is 0 Å². The van der Waals surface area contributed by atoms with Crippen molar-refractivity contribution < 1.29 is 9.59 Å². The van der Waals surface area contributed by atoms with Gasteiger partial charge in [0.25, 0.3) is 5.91 Å². The van der Waals surface area contributed by atoms with Crippen LogP contribution in [0.1, 0.15) is 10.4 Å². The molecule has 0 bridgehead atoms. The number of amides is 2. The molecule has 98 valence electrons. The van der Waals surface area contributed by atoms with Crippen LogP contribution in [0.15, 0.2) is 18.2 Å². The number of carbonyl (C=O) groups is 2. The van der Waals surface area contributed by atoms with Gasteiger partial charge in [0.2, 0.25) is 5.91 Å². The van der Waals surface area contributed by atoms with Crippen LogP contribution in [0, 0.1) is 0 Å². The highest BCUT2D eigenvalue weighted by atomic mass is 35.5. The van der Waals surface area contributed by atoms with Crippen molar-refractivity contribution in [3.05, 3.63) is 28.8 Å². The highest BCUT2D eigenvalue weighted by Crippen LogP contribution is 2.19. The van der Waals surface area contributed by atoms with Crippen molar-refractivity contribution in [3.8, 4) is 0 Å². The van der Waals surface area contributed by atoms with Crippen LogP contribution in [0.25, 0.3) is 0 Å². The fourth-order valence-electron chi connectivity index (χ4n) is 1.34. The molecule has 1 rings (SSSR count). The Morgan fingerprint density at radius 1 is 1.28 bits per heavy atom. The van der Waals surface area contributed by atoms with E-state index in [1.165, 1.54) is 15.9 Å². The first-order chi connectivity index (χ1) is 8.32. The van der Waals surface area contributed by atoms with Crippen LogP contribution in [-0.4, -0.2) is 49.3 Å². The van der Waals surface area contributed by atoms with Crippen LogP contribution < -0.4 is 5.73 Å². The van der Waals surface area contributed by atoms with Gasteiger partial charge >= 0.3 is 0 Å². The summed E-state index contributed by atoms with van der Waals surface area (Å²) in [7, 11) is 4.81. The first kappa shape index (κ1) is 14.3. The SMILES string of the molecule is CN(C)C(=O)CN(C)C(=O)c1cc(Cl)ccc1N. The zero-order valence-electron chi connectivity index (χ0n) is 10.6. The molecule has 2 amide bonds. The Kier molecular flexibility index (Phi) is 4.55. The lowest BCUT2D eigenvalue weighted by atomic mass is 10.1. The maximum Gasteiger partial charge on any atom is 0.256 e. The van der Waals surface area contributed by atoms with Crippen molar-refractivity contribution in [1.29, 1.82) is 0 Å². The third kappa shape index (κ3) is 3.37. The molecule has 0 saturated carbocycles. The van der Waals surface area contributed by atoms with Gasteiger partial charge in [0.05, 0.1) is 12.1 Å². The number of carbonyl (C=O) groups excluding carboxylic acids is 2. The number of rotatable bonds is 3. The van der Waals surface area contributed by atoms with Crippen LogP contribution in [0.4, 0.5) is 5.69 Å². The van der Waals surface area contributed by atoms with Crippen molar-refractivity contribution in [2.45, 2.75) is 0 Å². The summed E-state index contributed by atoms with van der Waals surface area (Å²) in [5.41, 5.74) is 6.36. The molecule has 18 heavy (non-hydrogen) atoms. The number of nitrogen functional groups attached to an aromatic ring is 1. The lowest BCUT2D eigenvalue weighted by Crippen LogP contribution is -2.38. The van der Waals surface area contributed by atoms with E-state index >= 15 is 0 Å². The van der Waals surface area contributed by atoms with Gasteiger partial charge in [-0.15, -0.1) is 0 Å². The van der Waals surface area contributed by atoms with Crippen molar-refractivity contribution in [2.75, 3.05) is 33.4 Å². The summed E-state index contributed by atoms with van der Waals surface area (Å²) in [4.78, 5) is 26.3. The van der Waals surface area contributed by atoms with Crippen LogP contribution in [0.5, 0.6) is 0 Å². The standard InChI is InChI=1S/C12H16ClN3O2/c1-15(2)11(17)7-16(3)12(18)9-6-8(13)4-5-10(9)14/h4-6H,7,14H2,1-3H3. The van der Waals surface area contributed by atoms with Gasteiger partial charge in [-0.2, -0.15) is 0 Å². The van der Waals surface area contributed by atoms with E-state index < -0.39 is 0 Å². The highest BCUT2D eigenvalue weighted by Gasteiger charge is 2.18. The first-order valence-electron chi connectivity index (χ1n) is 5.33. The number of halogens is 1. The third-order valence-corrected chi connectivity index (χ3v) is 2.70. The predicted molar refractivity (Wildman–Crippen MR) is 71.5 cm³/mol.